The van der Waals surface area contributed by atoms with E-state index in [1.54, 1.807) is 0 Å². The fourth-order valence-corrected chi connectivity index (χ4v) is 1.39. The molecule has 0 atom stereocenters. The van der Waals surface area contributed by atoms with E-state index in [4.69, 9.17) is 0 Å². The molecule has 0 bridgehead atoms. The van der Waals surface area contributed by atoms with Gasteiger partial charge in [0, 0.05) is 12.7 Å². The van der Waals surface area contributed by atoms with Crippen LogP contribution in [0.3, 0.4) is 0 Å². The summed E-state index contributed by atoms with van der Waals surface area (Å²) in [6.45, 7) is -0.233. The lowest BCUT2D eigenvalue weighted by atomic mass is 10.1. The van der Waals surface area contributed by atoms with Crippen LogP contribution in [0.2, 0.25) is 0 Å². The first-order valence-electron chi connectivity index (χ1n) is 4.80. The molecule has 0 saturated carbocycles. The van der Waals surface area contributed by atoms with Gasteiger partial charge >= 0.3 is 12.1 Å². The number of hydrogen-bond acceptors (Lipinski definition) is 3. The summed E-state index contributed by atoms with van der Waals surface area (Å²) in [5.41, 5.74) is -0.822. The zero-order chi connectivity index (χ0) is 13.1. The molecule has 0 spiro atoms. The Bertz CT molecular complexity index is 404. The van der Waals surface area contributed by atoms with Crippen LogP contribution >= 0.6 is 0 Å². The lowest BCUT2D eigenvalue weighted by molar-refractivity contribution is -0.140. The number of benzene rings is 1. The minimum atomic E-state index is -4.44. The van der Waals surface area contributed by atoms with Gasteiger partial charge < -0.3 is 9.64 Å². The zero-order valence-corrected chi connectivity index (χ0v) is 9.41. The predicted molar refractivity (Wildman–Crippen MR) is 56.7 cm³/mol. The van der Waals surface area contributed by atoms with Crippen molar-refractivity contribution in [3.63, 3.8) is 0 Å². The zero-order valence-electron chi connectivity index (χ0n) is 9.41. The average Bonchev–Trinajstić information content (AvgIpc) is 2.27. The SMILES string of the molecule is COC(=O)CN(C)c1ccccc1C(F)(F)F. The number of hydrogen-bond donors (Lipinski definition) is 0. The molecule has 0 amide bonds. The standard InChI is InChI=1S/C11H12F3NO2/c1-15(7-10(16)17-2)9-6-4-3-5-8(9)11(12,13)14/h3-6H,7H2,1-2H3. The highest BCUT2D eigenvalue weighted by atomic mass is 19.4. The molecule has 0 aliphatic rings. The second-order valence-corrected chi connectivity index (χ2v) is 3.45. The summed E-state index contributed by atoms with van der Waals surface area (Å²) in [6, 6.07) is 5.07. The minimum absolute atomic E-state index is 0.0506. The van der Waals surface area contributed by atoms with E-state index in [-0.39, 0.29) is 12.2 Å². The number of likely N-dealkylation sites (N-methyl/N-ethyl adjacent to an activating group) is 1. The molecule has 17 heavy (non-hydrogen) atoms. The fraction of sp³-hybridized carbons (Fsp3) is 0.364. The lowest BCUT2D eigenvalue weighted by Gasteiger charge is -2.22. The molecule has 0 N–H and O–H groups in total. The molecule has 0 aromatic heterocycles. The molecular weight excluding hydrogens is 235 g/mol. The van der Waals surface area contributed by atoms with Gasteiger partial charge in [0.2, 0.25) is 0 Å². The number of alkyl halides is 3. The fourth-order valence-electron chi connectivity index (χ4n) is 1.39. The first kappa shape index (κ1) is 13.3. The van der Waals surface area contributed by atoms with Crippen molar-refractivity contribution in [1.29, 1.82) is 0 Å². The molecule has 0 heterocycles. The Morgan fingerprint density at radius 3 is 2.47 bits per heavy atom. The highest BCUT2D eigenvalue weighted by Gasteiger charge is 2.34. The number of carbonyl (C=O) groups is 1. The molecule has 94 valence electrons. The van der Waals surface area contributed by atoms with Crippen molar-refractivity contribution in [2.45, 2.75) is 6.18 Å². The molecule has 0 fully saturated rings. The van der Waals surface area contributed by atoms with Gasteiger partial charge in [0.1, 0.15) is 6.54 Å². The molecule has 0 aliphatic heterocycles. The Hall–Kier alpha value is -1.72. The molecule has 0 radical (unpaired) electrons. The number of carbonyl (C=O) groups excluding carboxylic acids is 1. The smallest absolute Gasteiger partial charge is 0.418 e. The number of esters is 1. The molecule has 1 aromatic rings. The van der Waals surface area contributed by atoms with Crippen molar-refractivity contribution in [3.8, 4) is 0 Å². The molecule has 1 aromatic carbocycles. The molecule has 3 nitrogen and oxygen atoms in total. The number of methoxy groups -OCH3 is 1. The Kier molecular flexibility index (Phi) is 3.98. The van der Waals surface area contributed by atoms with Crippen molar-refractivity contribution in [1.82, 2.24) is 0 Å². The third-order valence-electron chi connectivity index (χ3n) is 2.21. The van der Waals surface area contributed by atoms with Gasteiger partial charge in [0.25, 0.3) is 0 Å². The number of nitrogens with zero attached hydrogens (tertiary/aromatic N) is 1. The van der Waals surface area contributed by atoms with E-state index < -0.39 is 17.7 Å². The number of halogens is 3. The molecule has 1 rings (SSSR count). The Balaban J connectivity index is 3.01. The third kappa shape index (κ3) is 3.37. The first-order chi connectivity index (χ1) is 7.86. The highest BCUT2D eigenvalue weighted by Crippen LogP contribution is 2.35. The van der Waals surface area contributed by atoms with Crippen molar-refractivity contribution < 1.29 is 22.7 Å². The van der Waals surface area contributed by atoms with Gasteiger partial charge in [-0.25, -0.2) is 0 Å². The van der Waals surface area contributed by atoms with Crippen molar-refractivity contribution in [2.24, 2.45) is 0 Å². The number of ether oxygens (including phenoxy) is 1. The highest BCUT2D eigenvalue weighted by molar-refractivity contribution is 5.76. The monoisotopic (exact) mass is 247 g/mol. The van der Waals surface area contributed by atoms with Crippen LogP contribution in [-0.4, -0.2) is 26.7 Å². The number of rotatable bonds is 3. The van der Waals surface area contributed by atoms with E-state index >= 15 is 0 Å². The predicted octanol–water partition coefficient (Wildman–Crippen LogP) is 2.31. The van der Waals surface area contributed by atoms with Gasteiger partial charge in [-0.2, -0.15) is 13.2 Å². The maximum Gasteiger partial charge on any atom is 0.418 e. The van der Waals surface area contributed by atoms with Crippen LogP contribution in [0.5, 0.6) is 0 Å². The Labute approximate surface area is 96.8 Å². The van der Waals surface area contributed by atoms with Crippen molar-refractivity contribution in [2.75, 3.05) is 25.6 Å². The van der Waals surface area contributed by atoms with Gasteiger partial charge in [0.05, 0.1) is 12.7 Å². The van der Waals surface area contributed by atoms with E-state index in [0.29, 0.717) is 0 Å². The molecule has 0 aliphatic carbocycles. The van der Waals surface area contributed by atoms with Crippen LogP contribution in [0.4, 0.5) is 18.9 Å². The Morgan fingerprint density at radius 1 is 1.35 bits per heavy atom. The second-order valence-electron chi connectivity index (χ2n) is 3.45. The van der Waals surface area contributed by atoms with Crippen LogP contribution < -0.4 is 4.90 Å². The van der Waals surface area contributed by atoms with Crippen molar-refractivity contribution in [3.05, 3.63) is 29.8 Å². The van der Waals surface area contributed by atoms with Crippen molar-refractivity contribution >= 4 is 11.7 Å². The van der Waals surface area contributed by atoms with E-state index in [2.05, 4.69) is 4.74 Å². The summed E-state index contributed by atoms with van der Waals surface area (Å²) in [6.07, 6.45) is -4.44. The Morgan fingerprint density at radius 2 is 1.94 bits per heavy atom. The van der Waals surface area contributed by atoms with E-state index in [9.17, 15) is 18.0 Å². The minimum Gasteiger partial charge on any atom is -0.468 e. The van der Waals surface area contributed by atoms with Crippen LogP contribution in [0.1, 0.15) is 5.56 Å². The number of anilines is 1. The van der Waals surface area contributed by atoms with Crippen LogP contribution in [0.25, 0.3) is 0 Å². The largest absolute Gasteiger partial charge is 0.468 e. The molecule has 0 saturated heterocycles. The summed E-state index contributed by atoms with van der Waals surface area (Å²) >= 11 is 0. The molecular formula is C11H12F3NO2. The lowest BCUT2D eigenvalue weighted by Crippen LogP contribution is -2.28. The van der Waals surface area contributed by atoms with Crippen LogP contribution in [0, 0.1) is 0 Å². The third-order valence-corrected chi connectivity index (χ3v) is 2.21. The number of para-hydroxylation sites is 1. The van der Waals surface area contributed by atoms with Gasteiger partial charge in [-0.3, -0.25) is 4.79 Å². The van der Waals surface area contributed by atoms with E-state index in [0.717, 1.165) is 6.07 Å². The summed E-state index contributed by atoms with van der Waals surface area (Å²) in [5.74, 6) is -0.593. The van der Waals surface area contributed by atoms with Gasteiger partial charge in [-0.15, -0.1) is 0 Å². The average molecular weight is 247 g/mol. The van der Waals surface area contributed by atoms with Crippen LogP contribution in [-0.2, 0) is 15.7 Å². The maximum atomic E-state index is 12.7. The maximum absolute atomic E-state index is 12.7. The van der Waals surface area contributed by atoms with Gasteiger partial charge in [0.15, 0.2) is 0 Å². The normalized spacial score (nSPS) is 11.1. The summed E-state index contributed by atoms with van der Waals surface area (Å²) < 4.78 is 42.5. The topological polar surface area (TPSA) is 29.5 Å². The van der Waals surface area contributed by atoms with Gasteiger partial charge in [-0.1, -0.05) is 12.1 Å². The second kappa shape index (κ2) is 5.07. The molecule has 0 unspecified atom stereocenters. The molecule has 6 heteroatoms. The summed E-state index contributed by atoms with van der Waals surface area (Å²) in [7, 11) is 2.59. The summed E-state index contributed by atoms with van der Waals surface area (Å²) in [4.78, 5) is 12.2. The van der Waals surface area contributed by atoms with E-state index in [1.807, 2.05) is 0 Å². The first-order valence-corrected chi connectivity index (χ1v) is 4.80. The summed E-state index contributed by atoms with van der Waals surface area (Å²) in [5, 5.41) is 0. The van der Waals surface area contributed by atoms with Crippen LogP contribution in [0.15, 0.2) is 24.3 Å². The van der Waals surface area contributed by atoms with E-state index in [1.165, 1.54) is 37.3 Å². The quantitative estimate of drug-likeness (QED) is 0.768. The van der Waals surface area contributed by atoms with Gasteiger partial charge in [-0.05, 0) is 12.1 Å².